The van der Waals surface area contributed by atoms with Gasteiger partial charge in [0.15, 0.2) is 0 Å². The minimum Gasteiger partial charge on any atom is -0.493 e. The van der Waals surface area contributed by atoms with E-state index in [1.165, 1.54) is 0 Å². The third kappa shape index (κ3) is 5.64. The Balaban J connectivity index is 1.94. The SMILES string of the molecule is CN(C)CCn1c(O)c(C(Cc2ccc(C(F)(F)F)cc2C(F)(F)F)=c2ccc3c(c2)C=CN=3)sc1=O. The largest absolute Gasteiger partial charge is 0.493 e. The molecule has 0 spiro atoms. The molecule has 0 unspecified atom stereocenters. The van der Waals surface area contributed by atoms with E-state index in [9.17, 15) is 36.2 Å². The van der Waals surface area contributed by atoms with Crippen molar-refractivity contribution in [2.75, 3.05) is 20.6 Å². The fraction of sp³-hybridized carbons (Fsp3) is 0.280. The van der Waals surface area contributed by atoms with E-state index in [1.807, 2.05) is 0 Å². The summed E-state index contributed by atoms with van der Waals surface area (Å²) in [4.78, 5) is 18.2. The van der Waals surface area contributed by atoms with Crippen molar-refractivity contribution in [3.8, 4) is 5.88 Å². The second-order valence-electron chi connectivity index (χ2n) is 8.72. The van der Waals surface area contributed by atoms with E-state index in [2.05, 4.69) is 4.99 Å². The monoisotopic (exact) mass is 541 g/mol. The zero-order valence-corrected chi connectivity index (χ0v) is 20.4. The Kier molecular flexibility index (Phi) is 7.08. The van der Waals surface area contributed by atoms with Crippen LogP contribution in [0.1, 0.15) is 27.1 Å². The highest BCUT2D eigenvalue weighted by molar-refractivity contribution is 7.10. The average Bonchev–Trinajstić information content (AvgIpc) is 3.38. The molecule has 1 aromatic heterocycles. The molecule has 2 aromatic carbocycles. The molecule has 1 aliphatic rings. The molecular formula is C25H21F6N3O2S. The molecule has 0 radical (unpaired) electrons. The summed E-state index contributed by atoms with van der Waals surface area (Å²) in [5, 5.41) is 12.0. The maximum atomic E-state index is 13.9. The molecule has 37 heavy (non-hydrogen) atoms. The number of nitrogens with zero attached hydrogens (tertiary/aromatic N) is 3. The molecule has 3 aromatic rings. The third-order valence-corrected chi connectivity index (χ3v) is 6.90. The normalized spacial score (nSPS) is 14.2. The second-order valence-corrected chi connectivity index (χ2v) is 9.68. The zero-order valence-electron chi connectivity index (χ0n) is 19.6. The van der Waals surface area contributed by atoms with Gasteiger partial charge in [-0.1, -0.05) is 23.5 Å². The molecule has 0 bridgehead atoms. The summed E-state index contributed by atoms with van der Waals surface area (Å²) in [7, 11) is 3.55. The number of rotatable bonds is 6. The Morgan fingerprint density at radius 1 is 1.05 bits per heavy atom. The minimum absolute atomic E-state index is 0.0515. The number of thiazole rings is 1. The lowest BCUT2D eigenvalue weighted by molar-refractivity contribution is -0.143. The fourth-order valence-corrected chi connectivity index (χ4v) is 4.93. The van der Waals surface area contributed by atoms with Gasteiger partial charge < -0.3 is 10.0 Å². The van der Waals surface area contributed by atoms with Crippen LogP contribution in [0.15, 0.2) is 52.4 Å². The lowest BCUT2D eigenvalue weighted by Gasteiger charge is -2.17. The lowest BCUT2D eigenvalue weighted by Crippen LogP contribution is -2.23. The van der Waals surface area contributed by atoms with Gasteiger partial charge in [-0.05, 0) is 60.8 Å². The van der Waals surface area contributed by atoms with Gasteiger partial charge in [0.25, 0.3) is 0 Å². The zero-order chi connectivity index (χ0) is 27.1. The number of aromatic hydroxyl groups is 1. The Hall–Kier alpha value is -3.38. The van der Waals surface area contributed by atoms with Crippen molar-refractivity contribution in [3.05, 3.63) is 90.0 Å². The van der Waals surface area contributed by atoms with Crippen LogP contribution in [0.5, 0.6) is 5.88 Å². The Labute approximate surface area is 210 Å². The summed E-state index contributed by atoms with van der Waals surface area (Å²) < 4.78 is 82.3. The van der Waals surface area contributed by atoms with E-state index < -0.39 is 46.2 Å². The summed E-state index contributed by atoms with van der Waals surface area (Å²) >= 11 is 0.668. The van der Waals surface area contributed by atoms with Crippen LogP contribution in [-0.4, -0.2) is 35.2 Å². The van der Waals surface area contributed by atoms with Crippen molar-refractivity contribution in [2.24, 2.45) is 4.99 Å². The van der Waals surface area contributed by atoms with Crippen LogP contribution in [0.4, 0.5) is 26.3 Å². The number of fused-ring (bicyclic) bond motifs is 1. The highest BCUT2D eigenvalue weighted by Crippen LogP contribution is 2.39. The standard InChI is InChI=1S/C25H21F6N3O2S/c1-33(2)9-10-34-22(35)21(37-23(34)36)18(14-4-6-20-16(11-14)7-8-32-20)12-15-3-5-17(24(26,27)28)13-19(15)25(29,30)31/h3-8,11,13,35H,9-10,12H2,1-2H3. The fourth-order valence-electron chi connectivity index (χ4n) is 3.96. The summed E-state index contributed by atoms with van der Waals surface area (Å²) in [5.74, 6) is -0.409. The van der Waals surface area contributed by atoms with Gasteiger partial charge in [-0.3, -0.25) is 14.4 Å². The minimum atomic E-state index is -5.06. The summed E-state index contributed by atoms with van der Waals surface area (Å²) in [6.07, 6.45) is -7.25. The number of hydrogen-bond acceptors (Lipinski definition) is 5. The van der Waals surface area contributed by atoms with E-state index in [0.29, 0.717) is 40.1 Å². The van der Waals surface area contributed by atoms with Crippen molar-refractivity contribution < 1.29 is 31.4 Å². The van der Waals surface area contributed by atoms with Gasteiger partial charge in [-0.25, -0.2) is 0 Å². The molecular weight excluding hydrogens is 520 g/mol. The third-order valence-electron chi connectivity index (χ3n) is 5.87. The van der Waals surface area contributed by atoms with E-state index in [4.69, 9.17) is 0 Å². The molecule has 1 N–H and O–H groups in total. The second kappa shape index (κ2) is 9.82. The molecule has 0 saturated carbocycles. The molecule has 0 saturated heterocycles. The number of hydrogen-bond donors (Lipinski definition) is 1. The summed E-state index contributed by atoms with van der Waals surface area (Å²) in [5.41, 5.74) is -2.42. The van der Waals surface area contributed by atoms with Gasteiger partial charge in [0.2, 0.25) is 5.88 Å². The number of halogens is 6. The first kappa shape index (κ1) is 26.7. The summed E-state index contributed by atoms with van der Waals surface area (Å²) in [6.45, 7) is 0.558. The van der Waals surface area contributed by atoms with Crippen molar-refractivity contribution in [2.45, 2.75) is 25.3 Å². The van der Waals surface area contributed by atoms with Crippen molar-refractivity contribution in [1.29, 1.82) is 0 Å². The molecule has 0 fully saturated rings. The number of aromatic nitrogens is 1. The summed E-state index contributed by atoms with van der Waals surface area (Å²) in [6, 6.07) is 6.36. The van der Waals surface area contributed by atoms with Gasteiger partial charge in [0.05, 0.1) is 21.4 Å². The van der Waals surface area contributed by atoms with E-state index >= 15 is 0 Å². The van der Waals surface area contributed by atoms with Crippen LogP contribution < -0.4 is 15.4 Å². The first-order chi connectivity index (χ1) is 17.3. The molecule has 1 aliphatic heterocycles. The Bertz CT molecular complexity index is 1550. The number of benzene rings is 2. The van der Waals surface area contributed by atoms with E-state index in [1.54, 1.807) is 49.5 Å². The van der Waals surface area contributed by atoms with Crippen LogP contribution in [0.25, 0.3) is 11.6 Å². The van der Waals surface area contributed by atoms with Crippen LogP contribution in [-0.2, 0) is 25.3 Å². The van der Waals surface area contributed by atoms with Crippen molar-refractivity contribution in [3.63, 3.8) is 0 Å². The van der Waals surface area contributed by atoms with Crippen LogP contribution in [0.3, 0.4) is 0 Å². The highest BCUT2D eigenvalue weighted by atomic mass is 32.1. The van der Waals surface area contributed by atoms with Crippen molar-refractivity contribution in [1.82, 2.24) is 9.47 Å². The molecule has 196 valence electrons. The lowest BCUT2D eigenvalue weighted by atomic mass is 9.94. The van der Waals surface area contributed by atoms with Gasteiger partial charge in [0, 0.05) is 31.3 Å². The van der Waals surface area contributed by atoms with E-state index in [0.717, 1.165) is 10.6 Å². The highest BCUT2D eigenvalue weighted by Gasteiger charge is 2.38. The van der Waals surface area contributed by atoms with Crippen LogP contribution >= 0.6 is 11.3 Å². The Morgan fingerprint density at radius 2 is 1.78 bits per heavy atom. The predicted molar refractivity (Wildman–Crippen MR) is 128 cm³/mol. The molecule has 0 amide bonds. The van der Waals surface area contributed by atoms with Crippen LogP contribution in [0, 0.1) is 0 Å². The molecule has 12 heteroatoms. The first-order valence-electron chi connectivity index (χ1n) is 11.0. The maximum absolute atomic E-state index is 13.9. The van der Waals surface area contributed by atoms with Gasteiger partial charge >= 0.3 is 17.2 Å². The number of likely N-dealkylation sites (N-methyl/N-ethyl adjacent to an activating group) is 1. The molecule has 0 atom stereocenters. The molecule has 0 aliphatic carbocycles. The van der Waals surface area contributed by atoms with Gasteiger partial charge in [0.1, 0.15) is 0 Å². The molecule has 5 nitrogen and oxygen atoms in total. The van der Waals surface area contributed by atoms with Crippen LogP contribution in [0.2, 0.25) is 0 Å². The predicted octanol–water partition coefficient (Wildman–Crippen LogP) is 4.26. The Morgan fingerprint density at radius 3 is 2.43 bits per heavy atom. The van der Waals surface area contributed by atoms with Gasteiger partial charge in [-0.2, -0.15) is 26.3 Å². The van der Waals surface area contributed by atoms with Gasteiger partial charge in [-0.15, -0.1) is 0 Å². The van der Waals surface area contributed by atoms with Crippen molar-refractivity contribution >= 4 is 23.0 Å². The first-order valence-corrected chi connectivity index (χ1v) is 11.8. The average molecular weight is 542 g/mol. The maximum Gasteiger partial charge on any atom is 0.416 e. The molecule has 2 heterocycles. The van der Waals surface area contributed by atoms with E-state index in [-0.39, 0.29) is 23.1 Å². The smallest absolute Gasteiger partial charge is 0.416 e. The quantitative estimate of drug-likeness (QED) is 0.475. The topological polar surface area (TPSA) is 57.8 Å². The number of alkyl halides is 6. The molecule has 4 rings (SSSR count).